The quantitative estimate of drug-likeness (QED) is 0.741. The maximum absolute atomic E-state index is 13.2. The molecule has 1 saturated carbocycles. The topological polar surface area (TPSA) is 65.7 Å². The van der Waals surface area contributed by atoms with Crippen LogP contribution >= 0.6 is 0 Å². The zero-order valence-electron chi connectivity index (χ0n) is 15.6. The van der Waals surface area contributed by atoms with Crippen LogP contribution in [0.15, 0.2) is 34.7 Å². The summed E-state index contributed by atoms with van der Waals surface area (Å²) in [4.78, 5) is 25.6. The van der Waals surface area contributed by atoms with Crippen molar-refractivity contribution in [3.63, 3.8) is 0 Å². The zero-order chi connectivity index (χ0) is 18.5. The molecule has 0 aromatic carbocycles. The molecule has 2 aliphatic carbocycles. The summed E-state index contributed by atoms with van der Waals surface area (Å²) in [6.07, 6.45) is 9.16. The highest BCUT2D eigenvalue weighted by atomic mass is 16.6. The Morgan fingerprint density at radius 1 is 1.35 bits per heavy atom. The van der Waals surface area contributed by atoms with Crippen molar-refractivity contribution in [3.8, 4) is 0 Å². The van der Waals surface area contributed by atoms with Crippen LogP contribution in [0.25, 0.3) is 0 Å². The van der Waals surface area contributed by atoms with Gasteiger partial charge in [0.2, 0.25) is 0 Å². The molecular weight excluding hydrogens is 332 g/mol. The number of hydrogen-bond acceptors (Lipinski definition) is 5. The first-order chi connectivity index (χ1) is 12.4. The van der Waals surface area contributed by atoms with Gasteiger partial charge in [-0.15, -0.1) is 0 Å². The van der Waals surface area contributed by atoms with Gasteiger partial charge in [0, 0.05) is 23.0 Å². The second-order valence-electron chi connectivity index (χ2n) is 8.29. The maximum atomic E-state index is 13.2. The molecule has 1 aromatic rings. The lowest BCUT2D eigenvalue weighted by Crippen LogP contribution is -2.54. The number of hydrogen-bond donors (Lipinski definition) is 0. The average molecular weight is 358 g/mol. The molecule has 2 heterocycles. The van der Waals surface area contributed by atoms with Gasteiger partial charge in [0.15, 0.2) is 0 Å². The minimum Gasteiger partial charge on any atom is -0.472 e. The van der Waals surface area contributed by atoms with E-state index in [0.717, 1.165) is 36.8 Å². The van der Waals surface area contributed by atoms with E-state index in [1.807, 2.05) is 12.1 Å². The van der Waals surface area contributed by atoms with Crippen molar-refractivity contribution in [2.75, 3.05) is 7.11 Å². The number of furan rings is 1. The molecule has 3 aliphatic rings. The maximum Gasteiger partial charge on any atom is 0.333 e. The van der Waals surface area contributed by atoms with Gasteiger partial charge in [-0.05, 0) is 43.6 Å². The number of cyclic esters (lactones) is 1. The first-order valence-corrected chi connectivity index (χ1v) is 9.45. The van der Waals surface area contributed by atoms with Crippen molar-refractivity contribution in [3.05, 3.63) is 35.8 Å². The second-order valence-corrected chi connectivity index (χ2v) is 8.29. The molecule has 4 rings (SSSR count). The van der Waals surface area contributed by atoms with Gasteiger partial charge in [-0.1, -0.05) is 19.9 Å². The van der Waals surface area contributed by atoms with Crippen LogP contribution in [0.3, 0.4) is 0 Å². The SMILES string of the molecule is COC(=O)C1=CCC[C@@H]2[C@@]3(C[C@@H](c4ccoc4)OC3=O)[C@@H](C)CC[C@]12C. The zero-order valence-corrected chi connectivity index (χ0v) is 15.6. The lowest BCUT2D eigenvalue weighted by atomic mass is 9.46. The monoisotopic (exact) mass is 358 g/mol. The number of methoxy groups -OCH3 is 1. The summed E-state index contributed by atoms with van der Waals surface area (Å²) in [5, 5.41) is 0. The molecule has 0 amide bonds. The van der Waals surface area contributed by atoms with E-state index in [4.69, 9.17) is 13.9 Å². The van der Waals surface area contributed by atoms with Gasteiger partial charge < -0.3 is 13.9 Å². The summed E-state index contributed by atoms with van der Waals surface area (Å²) in [7, 11) is 1.43. The van der Waals surface area contributed by atoms with Crippen LogP contribution in [0.1, 0.15) is 57.6 Å². The Kier molecular flexibility index (Phi) is 4.01. The van der Waals surface area contributed by atoms with Crippen molar-refractivity contribution >= 4 is 11.9 Å². The molecule has 1 spiro atoms. The lowest BCUT2D eigenvalue weighted by Gasteiger charge is -2.55. The molecule has 0 unspecified atom stereocenters. The highest BCUT2D eigenvalue weighted by Crippen LogP contribution is 2.65. The van der Waals surface area contributed by atoms with Crippen LogP contribution < -0.4 is 0 Å². The fraction of sp³-hybridized carbons (Fsp3) is 0.619. The number of allylic oxidation sites excluding steroid dienone is 1. The summed E-state index contributed by atoms with van der Waals surface area (Å²) in [5.41, 5.74) is 0.751. The first kappa shape index (κ1) is 17.4. The Bertz CT molecular complexity index is 748. The molecule has 2 fully saturated rings. The fourth-order valence-corrected chi connectivity index (χ4v) is 5.81. The van der Waals surface area contributed by atoms with Crippen molar-refractivity contribution in [2.45, 2.75) is 52.1 Å². The predicted molar refractivity (Wildman–Crippen MR) is 93.9 cm³/mol. The van der Waals surface area contributed by atoms with Crippen molar-refractivity contribution in [2.24, 2.45) is 22.7 Å². The number of carbonyl (C=O) groups is 2. The molecule has 0 bridgehead atoms. The third kappa shape index (κ3) is 2.22. The van der Waals surface area contributed by atoms with E-state index in [9.17, 15) is 9.59 Å². The Hall–Kier alpha value is -2.04. The number of carbonyl (C=O) groups excluding carboxylic acids is 2. The van der Waals surface area contributed by atoms with Gasteiger partial charge in [0.1, 0.15) is 6.10 Å². The molecule has 0 N–H and O–H groups in total. The molecule has 5 heteroatoms. The van der Waals surface area contributed by atoms with Crippen LogP contribution in [0, 0.1) is 22.7 Å². The molecule has 0 radical (unpaired) electrons. The molecular formula is C21H26O5. The van der Waals surface area contributed by atoms with Gasteiger partial charge in [-0.3, -0.25) is 4.79 Å². The molecule has 5 atom stereocenters. The Morgan fingerprint density at radius 3 is 2.85 bits per heavy atom. The Labute approximate surface area is 153 Å². The van der Waals surface area contributed by atoms with Crippen molar-refractivity contribution in [1.29, 1.82) is 0 Å². The number of rotatable bonds is 2. The molecule has 1 aliphatic heterocycles. The molecule has 1 aromatic heterocycles. The molecule has 1 saturated heterocycles. The minimum absolute atomic E-state index is 0.0854. The van der Waals surface area contributed by atoms with Gasteiger partial charge in [-0.2, -0.15) is 0 Å². The normalized spacial score (nSPS) is 39.3. The average Bonchev–Trinajstić information content (AvgIpc) is 3.27. The number of ether oxygens (including phenoxy) is 2. The number of esters is 2. The van der Waals surface area contributed by atoms with Gasteiger partial charge in [0.25, 0.3) is 0 Å². The predicted octanol–water partition coefficient (Wildman–Crippen LogP) is 4.20. The van der Waals surface area contributed by atoms with Crippen LogP contribution in [-0.4, -0.2) is 19.0 Å². The summed E-state index contributed by atoms with van der Waals surface area (Å²) in [5.74, 6) is -0.0675. The Morgan fingerprint density at radius 2 is 2.15 bits per heavy atom. The molecule has 140 valence electrons. The van der Waals surface area contributed by atoms with Crippen LogP contribution in [0.5, 0.6) is 0 Å². The van der Waals surface area contributed by atoms with E-state index in [2.05, 4.69) is 13.8 Å². The number of fused-ring (bicyclic) bond motifs is 2. The van der Waals surface area contributed by atoms with Gasteiger partial charge in [-0.25, -0.2) is 4.79 Å². The summed E-state index contributed by atoms with van der Waals surface area (Å²) < 4.78 is 16.1. The molecule has 26 heavy (non-hydrogen) atoms. The van der Waals surface area contributed by atoms with E-state index in [1.165, 1.54) is 7.11 Å². The van der Waals surface area contributed by atoms with E-state index < -0.39 is 5.41 Å². The largest absolute Gasteiger partial charge is 0.472 e. The summed E-state index contributed by atoms with van der Waals surface area (Å²) in [6, 6.07) is 1.87. The first-order valence-electron chi connectivity index (χ1n) is 9.45. The van der Waals surface area contributed by atoms with Crippen LogP contribution in [-0.2, 0) is 19.1 Å². The summed E-state index contributed by atoms with van der Waals surface area (Å²) >= 11 is 0. The third-order valence-electron chi connectivity index (χ3n) is 7.26. The van der Waals surface area contributed by atoms with Crippen molar-refractivity contribution < 1.29 is 23.5 Å². The lowest BCUT2D eigenvalue weighted by molar-refractivity contribution is -0.163. The Balaban J connectivity index is 1.75. The van der Waals surface area contributed by atoms with Gasteiger partial charge >= 0.3 is 11.9 Å². The fourth-order valence-electron chi connectivity index (χ4n) is 5.81. The van der Waals surface area contributed by atoms with E-state index in [1.54, 1.807) is 12.5 Å². The molecule has 5 nitrogen and oxygen atoms in total. The highest BCUT2D eigenvalue weighted by Gasteiger charge is 2.65. The van der Waals surface area contributed by atoms with Crippen molar-refractivity contribution in [1.82, 2.24) is 0 Å². The van der Waals surface area contributed by atoms with Gasteiger partial charge in [0.05, 0.1) is 25.1 Å². The standard InChI is InChI=1S/C21H26O5/c1-13-7-9-20(2)15(18(22)24-3)5-4-6-17(20)21(13)11-16(26-19(21)23)14-8-10-25-12-14/h5,8,10,12-13,16-17H,4,6-7,9,11H2,1-3H3/t13-,16-,17-,20+,21+/m0/s1. The van der Waals surface area contributed by atoms with Crippen LogP contribution in [0.4, 0.5) is 0 Å². The highest BCUT2D eigenvalue weighted by molar-refractivity contribution is 5.91. The second kappa shape index (κ2) is 6.00. The van der Waals surface area contributed by atoms with E-state index >= 15 is 0 Å². The van der Waals surface area contributed by atoms with E-state index in [-0.39, 0.29) is 35.3 Å². The smallest absolute Gasteiger partial charge is 0.333 e. The third-order valence-corrected chi connectivity index (χ3v) is 7.26. The summed E-state index contributed by atoms with van der Waals surface area (Å²) in [6.45, 7) is 4.29. The van der Waals surface area contributed by atoms with Crippen LogP contribution in [0.2, 0.25) is 0 Å². The van der Waals surface area contributed by atoms with E-state index in [0.29, 0.717) is 6.42 Å². The minimum atomic E-state index is -0.553.